The molecule has 2 aromatic rings. The minimum Gasteiger partial charge on any atom is -0.459 e. The summed E-state index contributed by atoms with van der Waals surface area (Å²) in [5.41, 5.74) is 0.626. The van der Waals surface area contributed by atoms with Crippen LogP contribution >= 0.6 is 11.6 Å². The summed E-state index contributed by atoms with van der Waals surface area (Å²) < 4.78 is 5.09. The number of furan rings is 1. The van der Waals surface area contributed by atoms with Crippen LogP contribution in [0.1, 0.15) is 49.3 Å². The zero-order valence-electron chi connectivity index (χ0n) is 9.82. The number of fused-ring (bicyclic) bond motifs is 2. The highest BCUT2D eigenvalue weighted by molar-refractivity contribution is 6.34. The Morgan fingerprint density at radius 2 is 1.89 bits per heavy atom. The molecule has 0 aliphatic heterocycles. The van der Waals surface area contributed by atoms with Crippen molar-refractivity contribution in [1.82, 2.24) is 0 Å². The summed E-state index contributed by atoms with van der Waals surface area (Å²) >= 11 is 5.82. The van der Waals surface area contributed by atoms with E-state index < -0.39 is 5.78 Å². The Bertz CT molecular complexity index is 755. The lowest BCUT2D eigenvalue weighted by Crippen LogP contribution is -2.21. The summed E-state index contributed by atoms with van der Waals surface area (Å²) in [6.45, 7) is 1.32. The number of rotatable bonds is 1. The van der Waals surface area contributed by atoms with Gasteiger partial charge in [0.05, 0.1) is 11.1 Å². The molecule has 0 fully saturated rings. The Balaban J connectivity index is 2.31. The van der Waals surface area contributed by atoms with Gasteiger partial charge < -0.3 is 4.42 Å². The molecule has 1 aromatic heterocycles. The minimum atomic E-state index is -0.431. The molecule has 3 rings (SSSR count). The Hall–Kier alpha value is -2.20. The first-order chi connectivity index (χ1) is 9.00. The van der Waals surface area contributed by atoms with Gasteiger partial charge in [0.1, 0.15) is 6.26 Å². The van der Waals surface area contributed by atoms with Gasteiger partial charge in [-0.2, -0.15) is 0 Å². The molecule has 1 aliphatic rings. The van der Waals surface area contributed by atoms with E-state index in [0.29, 0.717) is 5.02 Å². The third-order valence-corrected chi connectivity index (χ3v) is 3.31. The van der Waals surface area contributed by atoms with E-state index in [2.05, 4.69) is 0 Å². The van der Waals surface area contributed by atoms with E-state index in [1.807, 2.05) is 0 Å². The third kappa shape index (κ3) is 1.57. The van der Waals surface area contributed by atoms with Crippen molar-refractivity contribution in [2.45, 2.75) is 6.92 Å². The number of Topliss-reactive ketones (excluding diaryl/α,β-unsaturated/α-hetero) is 1. The molecule has 94 valence electrons. The van der Waals surface area contributed by atoms with Gasteiger partial charge in [0.2, 0.25) is 5.78 Å². The Morgan fingerprint density at radius 1 is 1.16 bits per heavy atom. The maximum absolute atomic E-state index is 12.3. The molecule has 0 amide bonds. The maximum atomic E-state index is 12.3. The number of ketones is 3. The topological polar surface area (TPSA) is 64.3 Å². The lowest BCUT2D eigenvalue weighted by molar-refractivity contribution is 0.0957. The standard InChI is InChI=1S/C14H7ClO4/c1-6(16)10-5-19-14-11(10)12(17)8-3-2-7(15)4-9(8)13(14)18/h2-5H,1H3. The van der Waals surface area contributed by atoms with E-state index in [1.54, 1.807) is 0 Å². The van der Waals surface area contributed by atoms with Gasteiger partial charge in [-0.3, -0.25) is 14.4 Å². The second-order valence-electron chi connectivity index (χ2n) is 4.26. The fraction of sp³-hybridized carbons (Fsp3) is 0.0714. The Kier molecular flexibility index (Phi) is 2.43. The highest BCUT2D eigenvalue weighted by Crippen LogP contribution is 2.32. The summed E-state index contributed by atoms with van der Waals surface area (Å²) in [7, 11) is 0. The van der Waals surface area contributed by atoms with Crippen LogP contribution in [-0.2, 0) is 0 Å². The van der Waals surface area contributed by atoms with Gasteiger partial charge in [0, 0.05) is 16.1 Å². The normalized spacial score (nSPS) is 13.2. The Labute approximate surface area is 113 Å². The summed E-state index contributed by atoms with van der Waals surface area (Å²) in [4.78, 5) is 36.0. The molecule has 0 bridgehead atoms. The van der Waals surface area contributed by atoms with Crippen LogP contribution in [0.5, 0.6) is 0 Å². The van der Waals surface area contributed by atoms with Crippen molar-refractivity contribution in [1.29, 1.82) is 0 Å². The molecule has 19 heavy (non-hydrogen) atoms. The van der Waals surface area contributed by atoms with E-state index in [9.17, 15) is 14.4 Å². The number of carbonyl (C=O) groups is 3. The molecular formula is C14H7ClO4. The number of carbonyl (C=O) groups excluding carboxylic acids is 3. The maximum Gasteiger partial charge on any atom is 0.229 e. The summed E-state index contributed by atoms with van der Waals surface area (Å²) in [5.74, 6) is -1.23. The van der Waals surface area contributed by atoms with Gasteiger partial charge in [0.15, 0.2) is 17.3 Å². The fourth-order valence-corrected chi connectivity index (χ4v) is 2.34. The second-order valence-corrected chi connectivity index (χ2v) is 4.69. The molecule has 5 heteroatoms. The Morgan fingerprint density at radius 3 is 2.58 bits per heavy atom. The quantitative estimate of drug-likeness (QED) is 0.640. The molecule has 1 aliphatic carbocycles. The van der Waals surface area contributed by atoms with E-state index in [4.69, 9.17) is 16.0 Å². The number of hydrogen-bond acceptors (Lipinski definition) is 4. The molecule has 1 heterocycles. The number of halogens is 1. The van der Waals surface area contributed by atoms with Crippen molar-refractivity contribution < 1.29 is 18.8 Å². The first-order valence-corrected chi connectivity index (χ1v) is 5.90. The molecule has 4 nitrogen and oxygen atoms in total. The SMILES string of the molecule is CC(=O)c1coc2c1C(=O)c1ccc(Cl)cc1C2=O. The second kappa shape index (κ2) is 3.90. The molecule has 0 unspecified atom stereocenters. The highest BCUT2D eigenvalue weighted by Gasteiger charge is 2.36. The van der Waals surface area contributed by atoms with Gasteiger partial charge in [-0.15, -0.1) is 0 Å². The monoisotopic (exact) mass is 274 g/mol. The molecule has 0 saturated heterocycles. The lowest BCUT2D eigenvalue weighted by atomic mass is 9.86. The predicted molar refractivity (Wildman–Crippen MR) is 67.0 cm³/mol. The van der Waals surface area contributed by atoms with E-state index in [0.717, 1.165) is 6.26 Å². The molecule has 0 N–H and O–H groups in total. The zero-order chi connectivity index (χ0) is 13.7. The molecule has 1 aromatic carbocycles. The molecule has 0 atom stereocenters. The van der Waals surface area contributed by atoms with Gasteiger partial charge in [-0.1, -0.05) is 11.6 Å². The van der Waals surface area contributed by atoms with Crippen LogP contribution in [0.2, 0.25) is 5.02 Å². The van der Waals surface area contributed by atoms with Gasteiger partial charge in [0.25, 0.3) is 0 Å². The van der Waals surface area contributed by atoms with E-state index in [-0.39, 0.29) is 39.6 Å². The van der Waals surface area contributed by atoms with Crippen LogP contribution < -0.4 is 0 Å². The van der Waals surface area contributed by atoms with Crippen molar-refractivity contribution in [3.05, 3.63) is 57.5 Å². The molecule has 0 saturated carbocycles. The van der Waals surface area contributed by atoms with Gasteiger partial charge in [-0.25, -0.2) is 0 Å². The van der Waals surface area contributed by atoms with Crippen molar-refractivity contribution in [2.75, 3.05) is 0 Å². The highest BCUT2D eigenvalue weighted by atomic mass is 35.5. The predicted octanol–water partition coefficient (Wildman–Crippen LogP) is 2.91. The number of benzene rings is 1. The van der Waals surface area contributed by atoms with Crippen LogP contribution in [0.15, 0.2) is 28.9 Å². The molecule has 0 radical (unpaired) electrons. The lowest BCUT2D eigenvalue weighted by Gasteiger charge is -2.13. The van der Waals surface area contributed by atoms with Crippen molar-refractivity contribution in [2.24, 2.45) is 0 Å². The summed E-state index contributed by atoms with van der Waals surface area (Å²) in [5, 5.41) is 0.363. The van der Waals surface area contributed by atoms with Crippen molar-refractivity contribution >= 4 is 29.0 Å². The average Bonchev–Trinajstić information content (AvgIpc) is 2.81. The number of hydrogen-bond donors (Lipinski definition) is 0. The van der Waals surface area contributed by atoms with Crippen LogP contribution in [0, 0.1) is 0 Å². The first kappa shape index (κ1) is 11.9. The zero-order valence-corrected chi connectivity index (χ0v) is 10.6. The average molecular weight is 275 g/mol. The van der Waals surface area contributed by atoms with E-state index >= 15 is 0 Å². The van der Waals surface area contributed by atoms with Gasteiger partial charge >= 0.3 is 0 Å². The first-order valence-electron chi connectivity index (χ1n) is 5.52. The van der Waals surface area contributed by atoms with Gasteiger partial charge in [-0.05, 0) is 25.1 Å². The van der Waals surface area contributed by atoms with Crippen LogP contribution in [0.3, 0.4) is 0 Å². The van der Waals surface area contributed by atoms with Crippen LogP contribution in [-0.4, -0.2) is 17.3 Å². The van der Waals surface area contributed by atoms with E-state index in [1.165, 1.54) is 25.1 Å². The summed E-state index contributed by atoms with van der Waals surface area (Å²) in [6.07, 6.45) is 1.15. The molecular weight excluding hydrogens is 268 g/mol. The van der Waals surface area contributed by atoms with Crippen molar-refractivity contribution in [3.63, 3.8) is 0 Å². The smallest absolute Gasteiger partial charge is 0.229 e. The third-order valence-electron chi connectivity index (χ3n) is 3.07. The van der Waals surface area contributed by atoms with Crippen LogP contribution in [0.25, 0.3) is 0 Å². The fourth-order valence-electron chi connectivity index (χ4n) is 2.17. The largest absolute Gasteiger partial charge is 0.459 e. The molecule has 0 spiro atoms. The van der Waals surface area contributed by atoms with Crippen LogP contribution in [0.4, 0.5) is 0 Å². The van der Waals surface area contributed by atoms with Crippen molar-refractivity contribution in [3.8, 4) is 0 Å². The minimum absolute atomic E-state index is 0.0484. The summed E-state index contributed by atoms with van der Waals surface area (Å²) in [6, 6.07) is 4.44.